The number of carbonyl (C=O) groups excluding carboxylic acids is 1. The zero-order valence-corrected chi connectivity index (χ0v) is 27.8. The van der Waals surface area contributed by atoms with Gasteiger partial charge in [0.15, 0.2) is 0 Å². The molecule has 0 unspecified atom stereocenters. The molecule has 2 aliphatic heterocycles. The molecule has 1 N–H and O–H groups in total. The summed E-state index contributed by atoms with van der Waals surface area (Å²) < 4.78 is 6.83. The SMILES string of the molecule is CCN(CC)c1ccc2c(c1)Oc1cc(N(CC)CC)ccc1C21c2ccccc2C(=O)N1CCNCc1ccc2ccccc2n1. The third kappa shape index (κ3) is 5.10. The highest BCUT2D eigenvalue weighted by Gasteiger charge is 2.56. The maximum atomic E-state index is 14.5. The minimum Gasteiger partial charge on any atom is -0.456 e. The van der Waals surface area contributed by atoms with Crippen molar-refractivity contribution in [1.82, 2.24) is 15.2 Å². The Labute approximate surface area is 277 Å². The van der Waals surface area contributed by atoms with Gasteiger partial charge in [0.1, 0.15) is 17.0 Å². The summed E-state index contributed by atoms with van der Waals surface area (Å²) in [4.78, 5) is 26.0. The topological polar surface area (TPSA) is 60.9 Å². The molecule has 0 aliphatic carbocycles. The van der Waals surface area contributed by atoms with Gasteiger partial charge < -0.3 is 24.8 Å². The van der Waals surface area contributed by atoms with Gasteiger partial charge in [0.05, 0.1) is 11.2 Å². The molecule has 0 bridgehead atoms. The molecule has 0 radical (unpaired) electrons. The lowest BCUT2D eigenvalue weighted by Gasteiger charge is -2.45. The molecule has 0 saturated carbocycles. The molecule has 1 amide bonds. The average Bonchev–Trinajstić information content (AvgIpc) is 3.35. The fourth-order valence-electron chi connectivity index (χ4n) is 7.52. The van der Waals surface area contributed by atoms with Gasteiger partial charge in [-0.25, -0.2) is 0 Å². The number of nitrogens with one attached hydrogen (secondary N) is 1. The molecule has 47 heavy (non-hydrogen) atoms. The lowest BCUT2D eigenvalue weighted by Crippen LogP contribution is -2.49. The van der Waals surface area contributed by atoms with Crippen LogP contribution in [-0.4, -0.2) is 55.1 Å². The Morgan fingerprint density at radius 2 is 1.34 bits per heavy atom. The fourth-order valence-corrected chi connectivity index (χ4v) is 7.52. The number of para-hydroxylation sites is 1. The summed E-state index contributed by atoms with van der Waals surface area (Å²) in [5.41, 5.74) is 7.08. The molecule has 7 heteroatoms. The van der Waals surface area contributed by atoms with Crippen LogP contribution < -0.4 is 19.9 Å². The predicted molar refractivity (Wildman–Crippen MR) is 191 cm³/mol. The number of pyridine rings is 1. The van der Waals surface area contributed by atoms with Gasteiger partial charge in [-0.2, -0.15) is 0 Å². The Bertz CT molecular complexity index is 1870. The Kier molecular flexibility index (Phi) is 8.33. The van der Waals surface area contributed by atoms with Gasteiger partial charge in [-0.05, 0) is 63.6 Å². The fraction of sp³-hybridized carbons (Fsp3) is 0.300. The van der Waals surface area contributed by atoms with E-state index in [9.17, 15) is 4.79 Å². The lowest BCUT2D eigenvalue weighted by atomic mass is 9.74. The van der Waals surface area contributed by atoms with Crippen LogP contribution in [0.15, 0.2) is 97.1 Å². The summed E-state index contributed by atoms with van der Waals surface area (Å²) in [6.07, 6.45) is 0. The number of amides is 1. The first kappa shape index (κ1) is 30.8. The molecule has 0 fully saturated rings. The van der Waals surface area contributed by atoms with Crippen molar-refractivity contribution in [2.75, 3.05) is 49.1 Å². The molecule has 0 atom stereocenters. The van der Waals surface area contributed by atoms with E-state index < -0.39 is 5.54 Å². The van der Waals surface area contributed by atoms with Gasteiger partial charge in [0.2, 0.25) is 0 Å². The maximum absolute atomic E-state index is 14.5. The normalized spacial score (nSPS) is 14.1. The minimum atomic E-state index is -0.830. The Morgan fingerprint density at radius 1 is 0.723 bits per heavy atom. The summed E-state index contributed by atoms with van der Waals surface area (Å²) >= 11 is 0. The van der Waals surface area contributed by atoms with Crippen molar-refractivity contribution in [2.45, 2.75) is 39.8 Å². The van der Waals surface area contributed by atoms with E-state index in [2.05, 4.69) is 108 Å². The van der Waals surface area contributed by atoms with E-state index in [-0.39, 0.29) is 5.91 Å². The first-order valence-electron chi connectivity index (χ1n) is 17.0. The second kappa shape index (κ2) is 12.7. The quantitative estimate of drug-likeness (QED) is 0.153. The summed E-state index contributed by atoms with van der Waals surface area (Å²) in [6, 6.07) is 33.5. The maximum Gasteiger partial charge on any atom is 0.255 e. The van der Waals surface area contributed by atoms with Crippen LogP contribution in [-0.2, 0) is 12.1 Å². The number of benzene rings is 4. The summed E-state index contributed by atoms with van der Waals surface area (Å²) in [6.45, 7) is 14.0. The number of aromatic nitrogens is 1. The molecule has 1 aromatic heterocycles. The van der Waals surface area contributed by atoms with Crippen molar-refractivity contribution in [2.24, 2.45) is 0 Å². The Balaban J connectivity index is 1.31. The molecular weight excluding hydrogens is 582 g/mol. The average molecular weight is 626 g/mol. The number of fused-ring (bicyclic) bond motifs is 7. The Hall–Kier alpha value is -4.88. The molecule has 4 aromatic carbocycles. The van der Waals surface area contributed by atoms with Gasteiger partial charge in [0, 0.05) is 91.4 Å². The minimum absolute atomic E-state index is 0.0330. The van der Waals surface area contributed by atoms with Crippen LogP contribution >= 0.6 is 0 Å². The second-order valence-corrected chi connectivity index (χ2v) is 12.2. The zero-order chi connectivity index (χ0) is 32.5. The standard InChI is InChI=1S/C40H43N5O2/c1-5-43(6-2)30-19-21-34-37(25-30)47-38-26-31(44(7-3)8-4)20-22-35(38)40(34)33-15-11-10-14-32(33)39(46)45(40)24-23-41-27-29-18-17-28-13-9-12-16-36(28)42-29/h9-22,25-26,41H,5-8,23-24,27H2,1-4H3. The number of hydrogen-bond donors (Lipinski definition) is 1. The molecule has 240 valence electrons. The third-order valence-corrected chi connectivity index (χ3v) is 9.86. The van der Waals surface area contributed by atoms with Crippen LogP contribution in [0.5, 0.6) is 11.5 Å². The predicted octanol–water partition coefficient (Wildman–Crippen LogP) is 7.57. The van der Waals surface area contributed by atoms with Crippen LogP contribution in [0.3, 0.4) is 0 Å². The van der Waals surface area contributed by atoms with Crippen molar-refractivity contribution >= 4 is 28.2 Å². The van der Waals surface area contributed by atoms with Crippen molar-refractivity contribution in [3.63, 3.8) is 0 Å². The number of nitrogens with zero attached hydrogens (tertiary/aromatic N) is 4. The van der Waals surface area contributed by atoms with E-state index in [1.165, 1.54) is 0 Å². The first-order chi connectivity index (χ1) is 23.0. The summed E-state index contributed by atoms with van der Waals surface area (Å²) in [7, 11) is 0. The van der Waals surface area contributed by atoms with Crippen molar-refractivity contribution in [3.05, 3.63) is 125 Å². The molecule has 1 spiro atoms. The van der Waals surface area contributed by atoms with Gasteiger partial charge in [-0.15, -0.1) is 0 Å². The number of carbonyl (C=O) groups is 1. The third-order valence-electron chi connectivity index (χ3n) is 9.86. The van der Waals surface area contributed by atoms with Crippen LogP contribution in [0.4, 0.5) is 11.4 Å². The number of ether oxygens (including phenoxy) is 1. The number of anilines is 2. The van der Waals surface area contributed by atoms with E-state index in [0.29, 0.717) is 19.6 Å². The zero-order valence-electron chi connectivity index (χ0n) is 27.8. The highest BCUT2D eigenvalue weighted by molar-refractivity contribution is 6.02. The van der Waals surface area contributed by atoms with Crippen molar-refractivity contribution < 1.29 is 9.53 Å². The van der Waals surface area contributed by atoms with Crippen LogP contribution in [0.2, 0.25) is 0 Å². The number of hydrogen-bond acceptors (Lipinski definition) is 6. The summed E-state index contributed by atoms with van der Waals surface area (Å²) in [5, 5.41) is 4.72. The molecule has 0 saturated heterocycles. The van der Waals surface area contributed by atoms with Gasteiger partial charge in [-0.1, -0.05) is 54.6 Å². The Morgan fingerprint density at radius 3 is 2.00 bits per heavy atom. The first-order valence-corrected chi connectivity index (χ1v) is 17.0. The van der Waals surface area contributed by atoms with Gasteiger partial charge in [0.25, 0.3) is 5.91 Å². The molecule has 2 aliphatic rings. The highest BCUT2D eigenvalue weighted by atomic mass is 16.5. The molecule has 7 rings (SSSR count). The largest absolute Gasteiger partial charge is 0.456 e. The monoisotopic (exact) mass is 625 g/mol. The highest BCUT2D eigenvalue weighted by Crippen LogP contribution is 2.58. The van der Waals surface area contributed by atoms with Crippen molar-refractivity contribution in [1.29, 1.82) is 0 Å². The van der Waals surface area contributed by atoms with Crippen LogP contribution in [0.25, 0.3) is 10.9 Å². The molecular formula is C40H43N5O2. The van der Waals surface area contributed by atoms with E-state index in [0.717, 1.165) is 87.9 Å². The smallest absolute Gasteiger partial charge is 0.255 e. The van der Waals surface area contributed by atoms with Crippen LogP contribution in [0.1, 0.15) is 60.4 Å². The van der Waals surface area contributed by atoms with Crippen LogP contribution in [0, 0.1) is 0 Å². The van der Waals surface area contributed by atoms with Crippen molar-refractivity contribution in [3.8, 4) is 11.5 Å². The summed E-state index contributed by atoms with van der Waals surface area (Å²) in [5.74, 6) is 1.62. The van der Waals surface area contributed by atoms with E-state index in [1.807, 2.05) is 36.4 Å². The van der Waals surface area contributed by atoms with E-state index in [1.54, 1.807) is 0 Å². The lowest BCUT2D eigenvalue weighted by molar-refractivity contribution is 0.0667. The van der Waals surface area contributed by atoms with Gasteiger partial charge >= 0.3 is 0 Å². The van der Waals surface area contributed by atoms with Gasteiger partial charge in [-0.3, -0.25) is 9.78 Å². The molecule has 7 nitrogen and oxygen atoms in total. The van der Waals surface area contributed by atoms with E-state index >= 15 is 0 Å². The van der Waals surface area contributed by atoms with E-state index in [4.69, 9.17) is 9.72 Å². The molecule has 5 aromatic rings. The molecule has 3 heterocycles. The second-order valence-electron chi connectivity index (χ2n) is 12.2. The number of rotatable bonds is 11.